The molecular weight excluding hydrogens is 646 g/mol. The molecule has 10 heteroatoms. The molecule has 0 unspecified atom stereocenters. The van der Waals surface area contributed by atoms with Crippen LogP contribution in [-0.2, 0) is 31.1 Å². The molecule has 1 aromatic heterocycles. The molecule has 1 amide bonds. The fraction of sp³-hybridized carbons (Fsp3) is 0.317. The van der Waals surface area contributed by atoms with Gasteiger partial charge in [-0.05, 0) is 65.4 Å². The standard InChI is InChI=1S/C41H47N3O7/c1-48-34-19-15-32(16-20-34)41(31-11-5-4-6-12-31,33-17-21-35(49-2)22-18-33)51-26-10-24-44(23-9-25-45)29-39(46)43-38(40(47)50-3)27-30-28-42-37-14-8-7-13-36(30)37/h4-8,11-22,28,38,42,45H,9-10,23-27,29H2,1-3H3,(H,43,46)/t38-/m0/s1. The molecular formula is C41H47N3O7. The summed E-state index contributed by atoms with van der Waals surface area (Å²) in [4.78, 5) is 31.4. The first-order chi connectivity index (χ1) is 24.9. The van der Waals surface area contributed by atoms with Crippen LogP contribution in [0.25, 0.3) is 10.9 Å². The fourth-order valence-corrected chi connectivity index (χ4v) is 6.45. The van der Waals surface area contributed by atoms with Gasteiger partial charge < -0.3 is 34.4 Å². The number of nitrogens with one attached hydrogen (secondary N) is 2. The summed E-state index contributed by atoms with van der Waals surface area (Å²) in [5.41, 5.74) is 3.73. The average molecular weight is 694 g/mol. The summed E-state index contributed by atoms with van der Waals surface area (Å²) in [5, 5.41) is 13.5. The van der Waals surface area contributed by atoms with Crippen molar-refractivity contribution in [3.63, 3.8) is 0 Å². The van der Waals surface area contributed by atoms with E-state index in [1.165, 1.54) is 7.11 Å². The predicted molar refractivity (Wildman–Crippen MR) is 197 cm³/mol. The fourth-order valence-electron chi connectivity index (χ4n) is 6.45. The number of carbonyl (C=O) groups excluding carboxylic acids is 2. The maximum Gasteiger partial charge on any atom is 0.328 e. The zero-order valence-corrected chi connectivity index (χ0v) is 29.5. The molecule has 0 aliphatic carbocycles. The molecule has 0 aliphatic heterocycles. The Morgan fingerprint density at radius 1 is 0.784 bits per heavy atom. The van der Waals surface area contributed by atoms with Gasteiger partial charge in [-0.1, -0.05) is 72.8 Å². The second-order valence-corrected chi connectivity index (χ2v) is 12.3. The van der Waals surface area contributed by atoms with Gasteiger partial charge in [-0.25, -0.2) is 4.79 Å². The summed E-state index contributed by atoms with van der Waals surface area (Å²) in [6, 6.07) is 32.8. The average Bonchev–Trinajstić information content (AvgIpc) is 3.59. The number of benzene rings is 4. The second-order valence-electron chi connectivity index (χ2n) is 12.3. The van der Waals surface area contributed by atoms with Crippen molar-refractivity contribution in [2.24, 2.45) is 0 Å². The molecule has 0 radical (unpaired) electrons. The number of hydrogen-bond donors (Lipinski definition) is 3. The lowest BCUT2D eigenvalue weighted by molar-refractivity contribution is -0.145. The number of ether oxygens (including phenoxy) is 4. The molecule has 1 atom stereocenters. The number of rotatable bonds is 19. The zero-order valence-electron chi connectivity index (χ0n) is 29.5. The molecule has 0 spiro atoms. The van der Waals surface area contributed by atoms with Crippen molar-refractivity contribution in [2.75, 3.05) is 54.2 Å². The molecule has 5 aromatic rings. The second kappa shape index (κ2) is 18.2. The van der Waals surface area contributed by atoms with Gasteiger partial charge in [-0.3, -0.25) is 9.69 Å². The third kappa shape index (κ3) is 9.15. The highest BCUT2D eigenvalue weighted by atomic mass is 16.5. The number of nitrogens with zero attached hydrogens (tertiary/aromatic N) is 1. The van der Waals surface area contributed by atoms with E-state index in [4.69, 9.17) is 18.9 Å². The van der Waals surface area contributed by atoms with E-state index in [1.54, 1.807) is 14.2 Å². The molecule has 51 heavy (non-hydrogen) atoms. The van der Waals surface area contributed by atoms with Gasteiger partial charge in [0.25, 0.3) is 0 Å². The first kappa shape index (κ1) is 37.1. The van der Waals surface area contributed by atoms with Crippen LogP contribution in [0.1, 0.15) is 35.1 Å². The number of hydrogen-bond acceptors (Lipinski definition) is 8. The van der Waals surface area contributed by atoms with Crippen molar-refractivity contribution in [2.45, 2.75) is 30.9 Å². The van der Waals surface area contributed by atoms with E-state index in [1.807, 2.05) is 102 Å². The van der Waals surface area contributed by atoms with Gasteiger partial charge in [0.15, 0.2) is 0 Å². The molecule has 0 saturated carbocycles. The largest absolute Gasteiger partial charge is 0.497 e. The van der Waals surface area contributed by atoms with Crippen molar-refractivity contribution in [1.82, 2.24) is 15.2 Å². The number of aliphatic hydroxyl groups is 1. The van der Waals surface area contributed by atoms with Crippen molar-refractivity contribution in [3.05, 3.63) is 132 Å². The van der Waals surface area contributed by atoms with E-state index >= 15 is 0 Å². The molecule has 1 heterocycles. The number of methoxy groups -OCH3 is 3. The number of amides is 1. The van der Waals surface area contributed by atoms with Crippen LogP contribution in [0.15, 0.2) is 109 Å². The van der Waals surface area contributed by atoms with E-state index in [2.05, 4.69) is 22.4 Å². The summed E-state index contributed by atoms with van der Waals surface area (Å²) >= 11 is 0. The van der Waals surface area contributed by atoms with Gasteiger partial charge in [0.1, 0.15) is 23.1 Å². The Bertz CT molecular complexity index is 1780. The van der Waals surface area contributed by atoms with Crippen molar-refractivity contribution in [1.29, 1.82) is 0 Å². The lowest BCUT2D eigenvalue weighted by Crippen LogP contribution is -2.47. The molecule has 0 fully saturated rings. The Labute approximate surface area is 299 Å². The predicted octanol–water partition coefficient (Wildman–Crippen LogP) is 5.47. The van der Waals surface area contributed by atoms with Crippen molar-refractivity contribution in [3.8, 4) is 11.5 Å². The van der Waals surface area contributed by atoms with E-state index in [9.17, 15) is 14.7 Å². The topological polar surface area (TPSA) is 122 Å². The van der Waals surface area contributed by atoms with Crippen LogP contribution in [-0.4, -0.2) is 87.1 Å². The third-order valence-electron chi connectivity index (χ3n) is 9.03. The van der Waals surface area contributed by atoms with Gasteiger partial charge in [0.2, 0.25) is 5.91 Å². The third-order valence-corrected chi connectivity index (χ3v) is 9.03. The van der Waals surface area contributed by atoms with E-state index in [-0.39, 0.29) is 25.5 Å². The van der Waals surface area contributed by atoms with Crippen molar-refractivity contribution >= 4 is 22.8 Å². The highest BCUT2D eigenvalue weighted by molar-refractivity contribution is 5.87. The summed E-state index contributed by atoms with van der Waals surface area (Å²) in [5.74, 6) is 0.658. The number of fused-ring (bicyclic) bond motifs is 1. The van der Waals surface area contributed by atoms with Gasteiger partial charge in [0, 0.05) is 49.8 Å². The molecule has 0 aliphatic rings. The number of aromatic nitrogens is 1. The Balaban J connectivity index is 1.32. The monoisotopic (exact) mass is 693 g/mol. The lowest BCUT2D eigenvalue weighted by Gasteiger charge is -2.36. The van der Waals surface area contributed by atoms with Gasteiger partial charge in [-0.2, -0.15) is 0 Å². The number of H-pyrrole nitrogens is 1. The van der Waals surface area contributed by atoms with Crippen LogP contribution in [0, 0.1) is 0 Å². The number of carbonyl (C=O) groups is 2. The molecule has 4 aromatic carbocycles. The summed E-state index contributed by atoms with van der Waals surface area (Å²) in [7, 11) is 4.60. The Morgan fingerprint density at radius 3 is 1.98 bits per heavy atom. The highest BCUT2D eigenvalue weighted by Gasteiger charge is 2.38. The van der Waals surface area contributed by atoms with Crippen molar-refractivity contribution < 1.29 is 33.6 Å². The Kier molecular flexibility index (Phi) is 13.2. The summed E-state index contributed by atoms with van der Waals surface area (Å²) < 4.78 is 22.9. The number of aromatic amines is 1. The van der Waals surface area contributed by atoms with Crippen LogP contribution in [0.4, 0.5) is 0 Å². The zero-order chi connectivity index (χ0) is 36.1. The quantitative estimate of drug-likeness (QED) is 0.0592. The van der Waals surface area contributed by atoms with Crippen LogP contribution in [0.2, 0.25) is 0 Å². The summed E-state index contributed by atoms with van der Waals surface area (Å²) in [6.07, 6.45) is 3.23. The minimum atomic E-state index is -0.955. The normalized spacial score (nSPS) is 12.1. The molecule has 0 saturated heterocycles. The lowest BCUT2D eigenvalue weighted by atomic mass is 9.80. The first-order valence-corrected chi connectivity index (χ1v) is 17.2. The van der Waals surface area contributed by atoms with E-state index in [0.717, 1.165) is 44.7 Å². The SMILES string of the molecule is COC(=O)[C@H](Cc1c[nH]c2ccccc12)NC(=O)CN(CCCO)CCCOC(c1ccccc1)(c1ccc(OC)cc1)c1ccc(OC)cc1. The number of aliphatic hydroxyl groups excluding tert-OH is 1. The number of para-hydroxylation sites is 1. The molecule has 10 nitrogen and oxygen atoms in total. The van der Waals surface area contributed by atoms with Crippen LogP contribution in [0.3, 0.4) is 0 Å². The number of esters is 1. The smallest absolute Gasteiger partial charge is 0.328 e. The first-order valence-electron chi connectivity index (χ1n) is 17.2. The summed E-state index contributed by atoms with van der Waals surface area (Å²) in [6.45, 7) is 1.41. The molecule has 268 valence electrons. The van der Waals surface area contributed by atoms with Crippen LogP contribution >= 0.6 is 0 Å². The molecule has 3 N–H and O–H groups in total. The Morgan fingerprint density at radius 2 is 1.37 bits per heavy atom. The van der Waals surface area contributed by atoms with Gasteiger partial charge >= 0.3 is 5.97 Å². The molecule has 5 rings (SSSR count). The van der Waals surface area contributed by atoms with E-state index < -0.39 is 17.6 Å². The van der Waals surface area contributed by atoms with Gasteiger partial charge in [0.05, 0.1) is 27.9 Å². The maximum absolute atomic E-state index is 13.4. The molecule has 0 bridgehead atoms. The maximum atomic E-state index is 13.4. The van der Waals surface area contributed by atoms with Crippen LogP contribution in [0.5, 0.6) is 11.5 Å². The van der Waals surface area contributed by atoms with Crippen LogP contribution < -0.4 is 14.8 Å². The van der Waals surface area contributed by atoms with Gasteiger partial charge in [-0.15, -0.1) is 0 Å². The Hall–Kier alpha value is -5.16. The minimum Gasteiger partial charge on any atom is -0.497 e. The van der Waals surface area contributed by atoms with E-state index in [0.29, 0.717) is 32.5 Å². The highest BCUT2D eigenvalue weighted by Crippen LogP contribution is 2.41. The minimum absolute atomic E-state index is 0.00791.